The molecule has 1 N–H and O–H groups in total. The van der Waals surface area contributed by atoms with Gasteiger partial charge in [0, 0.05) is 4.47 Å². The van der Waals surface area contributed by atoms with E-state index >= 15 is 0 Å². The lowest BCUT2D eigenvalue weighted by Crippen LogP contribution is -2.45. The first-order valence-corrected chi connectivity index (χ1v) is 6.40. The van der Waals surface area contributed by atoms with Gasteiger partial charge in [-0.3, -0.25) is 4.79 Å². The molecule has 98 valence electrons. The number of ether oxygens (including phenoxy) is 1. The van der Waals surface area contributed by atoms with E-state index in [-0.39, 0.29) is 11.8 Å². The van der Waals surface area contributed by atoms with Gasteiger partial charge in [-0.1, -0.05) is 26.0 Å². The molecule has 1 aromatic rings. The van der Waals surface area contributed by atoms with Gasteiger partial charge in [0.05, 0.1) is 12.7 Å². The molecule has 0 aliphatic rings. The van der Waals surface area contributed by atoms with Gasteiger partial charge >= 0.3 is 5.97 Å². The fourth-order valence-electron chi connectivity index (χ4n) is 1.49. The number of rotatable bonds is 4. The van der Waals surface area contributed by atoms with Crippen molar-refractivity contribution in [3.8, 4) is 0 Å². The molecule has 1 atom stereocenters. The quantitative estimate of drug-likeness (QED) is 0.868. The van der Waals surface area contributed by atoms with E-state index < -0.39 is 12.0 Å². The van der Waals surface area contributed by atoms with Crippen molar-refractivity contribution in [3.05, 3.63) is 34.3 Å². The minimum Gasteiger partial charge on any atom is -0.467 e. The monoisotopic (exact) mass is 313 g/mol. The lowest BCUT2D eigenvalue weighted by molar-refractivity contribution is -0.144. The predicted molar refractivity (Wildman–Crippen MR) is 72.3 cm³/mol. The molecule has 1 amide bonds. The van der Waals surface area contributed by atoms with E-state index in [0.717, 1.165) is 0 Å². The summed E-state index contributed by atoms with van der Waals surface area (Å²) in [4.78, 5) is 23.6. The lowest BCUT2D eigenvalue weighted by atomic mass is 10.0. The van der Waals surface area contributed by atoms with E-state index in [1.54, 1.807) is 18.2 Å². The Hall–Kier alpha value is -1.36. The summed E-state index contributed by atoms with van der Waals surface area (Å²) in [6.07, 6.45) is 0. The summed E-state index contributed by atoms with van der Waals surface area (Å²) in [6, 6.07) is 6.41. The van der Waals surface area contributed by atoms with Gasteiger partial charge in [0.2, 0.25) is 0 Å². The summed E-state index contributed by atoms with van der Waals surface area (Å²) in [7, 11) is 1.31. The number of carbonyl (C=O) groups is 2. The number of hydrogen-bond acceptors (Lipinski definition) is 3. The van der Waals surface area contributed by atoms with Crippen LogP contribution in [0, 0.1) is 5.92 Å². The highest BCUT2D eigenvalue weighted by atomic mass is 79.9. The average molecular weight is 314 g/mol. The largest absolute Gasteiger partial charge is 0.467 e. The highest BCUT2D eigenvalue weighted by Gasteiger charge is 2.25. The zero-order valence-corrected chi connectivity index (χ0v) is 12.2. The second kappa shape index (κ2) is 6.54. The number of carbonyl (C=O) groups excluding carboxylic acids is 2. The molecule has 18 heavy (non-hydrogen) atoms. The Morgan fingerprint density at radius 3 is 2.39 bits per heavy atom. The normalized spacial score (nSPS) is 12.1. The SMILES string of the molecule is COC(=O)[C@@H](NC(=O)c1ccccc1Br)C(C)C. The van der Waals surface area contributed by atoms with E-state index in [1.807, 2.05) is 19.9 Å². The van der Waals surface area contributed by atoms with Crippen LogP contribution in [0.4, 0.5) is 0 Å². The molecular formula is C13H16BrNO3. The van der Waals surface area contributed by atoms with Crippen molar-refractivity contribution in [1.29, 1.82) is 0 Å². The summed E-state index contributed by atoms with van der Waals surface area (Å²) in [5.41, 5.74) is 0.493. The number of esters is 1. The first-order chi connectivity index (χ1) is 8.47. The van der Waals surface area contributed by atoms with Crippen LogP contribution in [0.15, 0.2) is 28.7 Å². The van der Waals surface area contributed by atoms with Gasteiger partial charge in [0.25, 0.3) is 5.91 Å². The Bertz CT molecular complexity index is 446. The number of nitrogens with one attached hydrogen (secondary N) is 1. The maximum atomic E-state index is 12.1. The lowest BCUT2D eigenvalue weighted by Gasteiger charge is -2.20. The molecule has 0 fully saturated rings. The zero-order valence-electron chi connectivity index (χ0n) is 10.6. The molecule has 0 bridgehead atoms. The van der Waals surface area contributed by atoms with Crippen LogP contribution in [-0.2, 0) is 9.53 Å². The summed E-state index contributed by atoms with van der Waals surface area (Å²) >= 11 is 3.30. The molecule has 0 heterocycles. The van der Waals surface area contributed by atoms with Crippen LogP contribution in [0.25, 0.3) is 0 Å². The number of amides is 1. The standard InChI is InChI=1S/C13H16BrNO3/c1-8(2)11(13(17)18-3)15-12(16)9-6-4-5-7-10(9)14/h4-8,11H,1-3H3,(H,15,16)/t11-/m0/s1. The first-order valence-electron chi connectivity index (χ1n) is 5.60. The van der Waals surface area contributed by atoms with Crippen LogP contribution in [0.5, 0.6) is 0 Å². The van der Waals surface area contributed by atoms with Gasteiger partial charge in [0.1, 0.15) is 6.04 Å². The molecule has 4 nitrogen and oxygen atoms in total. The fraction of sp³-hybridized carbons (Fsp3) is 0.385. The van der Waals surface area contributed by atoms with Crippen LogP contribution in [0.2, 0.25) is 0 Å². The Morgan fingerprint density at radius 2 is 1.89 bits per heavy atom. The van der Waals surface area contributed by atoms with Crippen molar-refractivity contribution < 1.29 is 14.3 Å². The highest BCUT2D eigenvalue weighted by molar-refractivity contribution is 9.10. The van der Waals surface area contributed by atoms with E-state index in [4.69, 9.17) is 0 Å². The van der Waals surface area contributed by atoms with Crippen LogP contribution in [-0.4, -0.2) is 25.0 Å². The molecule has 0 saturated heterocycles. The third kappa shape index (κ3) is 3.57. The van der Waals surface area contributed by atoms with Gasteiger partial charge in [0.15, 0.2) is 0 Å². The predicted octanol–water partition coefficient (Wildman–Crippen LogP) is 2.38. The van der Waals surface area contributed by atoms with Crippen molar-refractivity contribution in [2.24, 2.45) is 5.92 Å². The van der Waals surface area contributed by atoms with Gasteiger partial charge in [-0.15, -0.1) is 0 Å². The Labute approximate surface area is 115 Å². The van der Waals surface area contributed by atoms with Crippen LogP contribution in [0.3, 0.4) is 0 Å². The molecule has 1 aromatic carbocycles. The highest BCUT2D eigenvalue weighted by Crippen LogP contribution is 2.16. The number of halogens is 1. The minimum atomic E-state index is -0.644. The molecule has 0 aliphatic carbocycles. The zero-order chi connectivity index (χ0) is 13.7. The Kier molecular flexibility index (Phi) is 5.34. The minimum absolute atomic E-state index is 0.0381. The topological polar surface area (TPSA) is 55.4 Å². The second-order valence-corrected chi connectivity index (χ2v) is 5.05. The maximum Gasteiger partial charge on any atom is 0.328 e. The summed E-state index contributed by atoms with van der Waals surface area (Å²) in [6.45, 7) is 3.70. The van der Waals surface area contributed by atoms with E-state index in [2.05, 4.69) is 26.0 Å². The third-order valence-electron chi connectivity index (χ3n) is 2.53. The van der Waals surface area contributed by atoms with Crippen LogP contribution < -0.4 is 5.32 Å². The Balaban J connectivity index is 2.86. The molecule has 0 aliphatic heterocycles. The maximum absolute atomic E-state index is 12.1. The van der Waals surface area contributed by atoms with Crippen molar-refractivity contribution >= 4 is 27.8 Å². The van der Waals surface area contributed by atoms with Crippen LogP contribution in [0.1, 0.15) is 24.2 Å². The summed E-state index contributed by atoms with van der Waals surface area (Å²) in [5, 5.41) is 2.68. The average Bonchev–Trinajstić information content (AvgIpc) is 2.35. The van der Waals surface area contributed by atoms with Gasteiger partial charge in [-0.25, -0.2) is 4.79 Å². The molecule has 0 radical (unpaired) electrons. The van der Waals surface area contributed by atoms with Crippen molar-refractivity contribution in [1.82, 2.24) is 5.32 Å². The molecular weight excluding hydrogens is 298 g/mol. The first kappa shape index (κ1) is 14.7. The summed E-state index contributed by atoms with van der Waals surface area (Å²) < 4.78 is 5.36. The van der Waals surface area contributed by atoms with Crippen molar-refractivity contribution in [3.63, 3.8) is 0 Å². The molecule has 0 spiro atoms. The van der Waals surface area contributed by atoms with E-state index in [9.17, 15) is 9.59 Å². The van der Waals surface area contributed by atoms with Crippen molar-refractivity contribution in [2.45, 2.75) is 19.9 Å². The molecule has 5 heteroatoms. The van der Waals surface area contributed by atoms with Gasteiger partial charge < -0.3 is 10.1 Å². The number of benzene rings is 1. The smallest absolute Gasteiger partial charge is 0.328 e. The van der Waals surface area contributed by atoms with Gasteiger partial charge in [-0.2, -0.15) is 0 Å². The molecule has 0 saturated carbocycles. The number of methoxy groups -OCH3 is 1. The number of hydrogen-bond donors (Lipinski definition) is 1. The summed E-state index contributed by atoms with van der Waals surface area (Å²) in [5.74, 6) is -0.777. The fourth-order valence-corrected chi connectivity index (χ4v) is 1.95. The van der Waals surface area contributed by atoms with E-state index in [1.165, 1.54) is 7.11 Å². The van der Waals surface area contributed by atoms with Crippen molar-refractivity contribution in [2.75, 3.05) is 7.11 Å². The molecule has 0 aromatic heterocycles. The molecule has 0 unspecified atom stereocenters. The van der Waals surface area contributed by atoms with Gasteiger partial charge in [-0.05, 0) is 34.0 Å². The Morgan fingerprint density at radius 1 is 1.28 bits per heavy atom. The molecule has 1 rings (SSSR count). The third-order valence-corrected chi connectivity index (χ3v) is 3.22. The second-order valence-electron chi connectivity index (χ2n) is 4.20. The van der Waals surface area contributed by atoms with E-state index in [0.29, 0.717) is 10.0 Å². The van der Waals surface area contributed by atoms with Crippen LogP contribution >= 0.6 is 15.9 Å².